The third kappa shape index (κ3) is 2.28. The Kier molecular flexibility index (Phi) is 2.58. The predicted molar refractivity (Wildman–Crippen MR) is 60.6 cm³/mol. The highest BCUT2D eigenvalue weighted by Gasteiger charge is 2.01. The summed E-state index contributed by atoms with van der Waals surface area (Å²) in [4.78, 5) is 3.90. The Bertz CT molecular complexity index is 450. The van der Waals surface area contributed by atoms with Gasteiger partial charge in [-0.3, -0.25) is 4.99 Å². The van der Waals surface area contributed by atoms with E-state index in [2.05, 4.69) is 4.99 Å². The highest BCUT2D eigenvalue weighted by Crippen LogP contribution is 2.18. The second-order valence-corrected chi connectivity index (χ2v) is 3.31. The molecule has 1 heterocycles. The summed E-state index contributed by atoms with van der Waals surface area (Å²) < 4.78 is 5.60. The number of aliphatic imine (C=N–C) groups is 1. The van der Waals surface area contributed by atoms with Crippen LogP contribution in [0.15, 0.2) is 39.7 Å². The zero-order valence-corrected chi connectivity index (χ0v) is 8.31. The average Bonchev–Trinajstić information content (AvgIpc) is 2.59. The molecule has 2 aromatic rings. The Balaban J connectivity index is 2.12. The van der Waals surface area contributed by atoms with Crippen LogP contribution in [-0.4, -0.2) is 12.5 Å². The molecular formula is C11H13N3O. The predicted octanol–water partition coefficient (Wildman–Crippen LogP) is 1.25. The monoisotopic (exact) mass is 203 g/mol. The first kappa shape index (κ1) is 9.58. The van der Waals surface area contributed by atoms with Gasteiger partial charge in [0, 0.05) is 18.4 Å². The summed E-state index contributed by atoms with van der Waals surface area (Å²) in [6, 6.07) is 9.91. The third-order valence-corrected chi connectivity index (χ3v) is 2.13. The van der Waals surface area contributed by atoms with E-state index in [0.717, 1.165) is 16.7 Å². The van der Waals surface area contributed by atoms with Gasteiger partial charge in [-0.25, -0.2) is 0 Å². The Hall–Kier alpha value is -1.97. The van der Waals surface area contributed by atoms with Crippen molar-refractivity contribution in [2.45, 2.75) is 6.42 Å². The molecule has 0 saturated carbocycles. The van der Waals surface area contributed by atoms with Crippen molar-refractivity contribution >= 4 is 16.9 Å². The number of nitrogens with zero attached hydrogens (tertiary/aromatic N) is 1. The lowest BCUT2D eigenvalue weighted by atomic mass is 10.2. The van der Waals surface area contributed by atoms with Gasteiger partial charge in [0.05, 0.1) is 0 Å². The molecule has 0 radical (unpaired) electrons. The third-order valence-electron chi connectivity index (χ3n) is 2.13. The molecule has 4 heteroatoms. The molecule has 0 atom stereocenters. The number of rotatable bonds is 3. The van der Waals surface area contributed by atoms with Gasteiger partial charge in [0.25, 0.3) is 0 Å². The van der Waals surface area contributed by atoms with E-state index >= 15 is 0 Å². The number of guanidine groups is 1. The molecular weight excluding hydrogens is 190 g/mol. The fourth-order valence-corrected chi connectivity index (χ4v) is 1.46. The minimum atomic E-state index is 0.117. The largest absolute Gasteiger partial charge is 0.461 e. The van der Waals surface area contributed by atoms with Gasteiger partial charge >= 0.3 is 0 Å². The number of fused-ring (bicyclic) bond motifs is 1. The minimum Gasteiger partial charge on any atom is -0.461 e. The summed E-state index contributed by atoms with van der Waals surface area (Å²) in [5.41, 5.74) is 11.4. The van der Waals surface area contributed by atoms with Crippen LogP contribution in [0.2, 0.25) is 0 Å². The van der Waals surface area contributed by atoms with E-state index in [1.807, 2.05) is 30.3 Å². The molecule has 0 spiro atoms. The first-order valence-corrected chi connectivity index (χ1v) is 4.78. The van der Waals surface area contributed by atoms with E-state index in [-0.39, 0.29) is 5.96 Å². The average molecular weight is 203 g/mol. The van der Waals surface area contributed by atoms with Crippen LogP contribution in [0.4, 0.5) is 0 Å². The number of nitrogens with two attached hydrogens (primary N) is 2. The van der Waals surface area contributed by atoms with Crippen molar-refractivity contribution in [1.82, 2.24) is 0 Å². The zero-order chi connectivity index (χ0) is 10.7. The summed E-state index contributed by atoms with van der Waals surface area (Å²) in [6.45, 7) is 0.558. The van der Waals surface area contributed by atoms with E-state index < -0.39 is 0 Å². The lowest BCUT2D eigenvalue weighted by Gasteiger charge is -1.92. The van der Waals surface area contributed by atoms with Crippen LogP contribution in [0, 0.1) is 0 Å². The standard InChI is InChI=1S/C11H13N3O/c12-11(13)14-6-5-9-7-8-3-1-2-4-10(8)15-9/h1-4,7H,5-6H2,(H4,12,13,14). The van der Waals surface area contributed by atoms with E-state index in [1.165, 1.54) is 0 Å². The number of hydrogen-bond acceptors (Lipinski definition) is 2. The molecule has 0 amide bonds. The molecule has 0 aliphatic heterocycles. The van der Waals surface area contributed by atoms with Gasteiger partial charge in [0.15, 0.2) is 5.96 Å². The first-order valence-electron chi connectivity index (χ1n) is 4.78. The van der Waals surface area contributed by atoms with Crippen molar-refractivity contribution in [2.24, 2.45) is 16.5 Å². The first-order chi connectivity index (χ1) is 7.25. The quantitative estimate of drug-likeness (QED) is 0.582. The molecule has 4 N–H and O–H groups in total. The summed E-state index contributed by atoms with van der Waals surface area (Å²) in [7, 11) is 0. The molecule has 2 rings (SSSR count). The lowest BCUT2D eigenvalue weighted by molar-refractivity contribution is 0.550. The molecule has 0 aliphatic carbocycles. The molecule has 0 fully saturated rings. The Morgan fingerprint density at radius 2 is 2.07 bits per heavy atom. The molecule has 0 unspecified atom stereocenters. The van der Waals surface area contributed by atoms with Crippen LogP contribution in [0.1, 0.15) is 5.76 Å². The number of benzene rings is 1. The van der Waals surface area contributed by atoms with Crippen LogP contribution < -0.4 is 11.5 Å². The van der Waals surface area contributed by atoms with Crippen LogP contribution in [0.5, 0.6) is 0 Å². The van der Waals surface area contributed by atoms with E-state index in [1.54, 1.807) is 0 Å². The van der Waals surface area contributed by atoms with Gasteiger partial charge < -0.3 is 15.9 Å². The van der Waals surface area contributed by atoms with Crippen molar-refractivity contribution in [3.05, 3.63) is 36.1 Å². The van der Waals surface area contributed by atoms with Crippen LogP contribution in [-0.2, 0) is 6.42 Å². The topological polar surface area (TPSA) is 77.5 Å². The second-order valence-electron chi connectivity index (χ2n) is 3.31. The molecule has 1 aromatic carbocycles. The molecule has 0 saturated heterocycles. The Morgan fingerprint density at radius 3 is 2.80 bits per heavy atom. The van der Waals surface area contributed by atoms with E-state index in [9.17, 15) is 0 Å². The SMILES string of the molecule is NC(N)=NCCc1cc2ccccc2o1. The van der Waals surface area contributed by atoms with Gasteiger partial charge in [-0.1, -0.05) is 18.2 Å². The number of hydrogen-bond donors (Lipinski definition) is 2. The van der Waals surface area contributed by atoms with Crippen LogP contribution in [0.3, 0.4) is 0 Å². The van der Waals surface area contributed by atoms with Gasteiger partial charge in [0.1, 0.15) is 11.3 Å². The highest BCUT2D eigenvalue weighted by atomic mass is 16.3. The fourth-order valence-electron chi connectivity index (χ4n) is 1.46. The molecule has 0 bridgehead atoms. The minimum absolute atomic E-state index is 0.117. The molecule has 4 nitrogen and oxygen atoms in total. The van der Waals surface area contributed by atoms with Crippen molar-refractivity contribution in [3.63, 3.8) is 0 Å². The Morgan fingerprint density at radius 1 is 1.27 bits per heavy atom. The smallest absolute Gasteiger partial charge is 0.185 e. The molecule has 15 heavy (non-hydrogen) atoms. The maximum absolute atomic E-state index is 5.60. The maximum atomic E-state index is 5.60. The second kappa shape index (κ2) is 4.04. The van der Waals surface area contributed by atoms with Crippen molar-refractivity contribution in [2.75, 3.05) is 6.54 Å². The lowest BCUT2D eigenvalue weighted by Crippen LogP contribution is -2.23. The summed E-state index contributed by atoms with van der Waals surface area (Å²) in [6.07, 6.45) is 0.715. The van der Waals surface area contributed by atoms with Gasteiger partial charge in [-0.2, -0.15) is 0 Å². The van der Waals surface area contributed by atoms with E-state index in [0.29, 0.717) is 13.0 Å². The van der Waals surface area contributed by atoms with Crippen molar-refractivity contribution < 1.29 is 4.42 Å². The Labute approximate surface area is 87.6 Å². The fraction of sp³-hybridized carbons (Fsp3) is 0.182. The van der Waals surface area contributed by atoms with Gasteiger partial charge in [-0.05, 0) is 12.1 Å². The van der Waals surface area contributed by atoms with Crippen molar-refractivity contribution in [1.29, 1.82) is 0 Å². The van der Waals surface area contributed by atoms with Gasteiger partial charge in [-0.15, -0.1) is 0 Å². The van der Waals surface area contributed by atoms with Crippen LogP contribution >= 0.6 is 0 Å². The summed E-state index contributed by atoms with van der Waals surface area (Å²) >= 11 is 0. The van der Waals surface area contributed by atoms with Crippen LogP contribution in [0.25, 0.3) is 11.0 Å². The normalized spacial score (nSPS) is 10.4. The highest BCUT2D eigenvalue weighted by molar-refractivity contribution is 5.77. The maximum Gasteiger partial charge on any atom is 0.185 e. The number of furan rings is 1. The molecule has 1 aromatic heterocycles. The number of para-hydroxylation sites is 1. The van der Waals surface area contributed by atoms with E-state index in [4.69, 9.17) is 15.9 Å². The zero-order valence-electron chi connectivity index (χ0n) is 8.31. The summed E-state index contributed by atoms with van der Waals surface area (Å²) in [5.74, 6) is 1.02. The summed E-state index contributed by atoms with van der Waals surface area (Å²) in [5, 5.41) is 1.11. The molecule has 0 aliphatic rings. The van der Waals surface area contributed by atoms with Gasteiger partial charge in [0.2, 0.25) is 0 Å². The van der Waals surface area contributed by atoms with Crippen molar-refractivity contribution in [3.8, 4) is 0 Å². The molecule has 78 valence electrons.